The van der Waals surface area contributed by atoms with Gasteiger partial charge in [0.2, 0.25) is 5.91 Å². The van der Waals surface area contributed by atoms with Crippen molar-refractivity contribution in [3.8, 4) is 5.75 Å². The van der Waals surface area contributed by atoms with Crippen LogP contribution in [0.2, 0.25) is 0 Å². The van der Waals surface area contributed by atoms with Crippen LogP contribution >= 0.6 is 0 Å². The molecule has 2 unspecified atom stereocenters. The number of benzene rings is 2. The zero-order valence-electron chi connectivity index (χ0n) is 19.1. The molecule has 0 saturated carbocycles. The monoisotopic (exact) mass is 472 g/mol. The summed E-state index contributed by atoms with van der Waals surface area (Å²) in [6.45, 7) is 2.78. The van der Waals surface area contributed by atoms with E-state index in [0.717, 1.165) is 18.4 Å². The Labute approximate surface area is 198 Å². The van der Waals surface area contributed by atoms with Crippen molar-refractivity contribution in [3.05, 3.63) is 77.9 Å². The molecule has 0 spiro atoms. The molecule has 34 heavy (non-hydrogen) atoms. The Hall–Kier alpha value is -3.69. The lowest BCUT2D eigenvalue weighted by Gasteiger charge is -2.18. The third kappa shape index (κ3) is 14.4. The Bertz CT molecular complexity index is 916. The van der Waals surface area contributed by atoms with E-state index in [0.29, 0.717) is 30.5 Å². The van der Waals surface area contributed by atoms with E-state index < -0.39 is 18.0 Å². The van der Waals surface area contributed by atoms with Crippen LogP contribution in [-0.4, -0.2) is 58.5 Å². The molecule has 2 aromatic rings. The van der Waals surface area contributed by atoms with Crippen LogP contribution in [0, 0.1) is 0 Å². The Morgan fingerprint density at radius 2 is 1.62 bits per heavy atom. The smallest absolute Gasteiger partial charge is 0.328 e. The van der Waals surface area contributed by atoms with E-state index in [4.69, 9.17) is 20.7 Å². The second-order valence-corrected chi connectivity index (χ2v) is 7.60. The Balaban J connectivity index is 0.000000620. The highest BCUT2D eigenvalue weighted by atomic mass is 16.5. The number of aliphatic hydroxyl groups is 1. The molecule has 2 rings (SSSR count). The average molecular weight is 473 g/mol. The molecule has 0 aliphatic heterocycles. The third-order valence-electron chi connectivity index (χ3n) is 4.50. The summed E-state index contributed by atoms with van der Waals surface area (Å²) >= 11 is 0. The molecular weight excluding hydrogens is 440 g/mol. The second-order valence-electron chi connectivity index (χ2n) is 7.60. The molecule has 2 aromatic carbocycles. The molecule has 0 aliphatic rings. The van der Waals surface area contributed by atoms with E-state index in [1.165, 1.54) is 5.56 Å². The van der Waals surface area contributed by atoms with Crippen molar-refractivity contribution in [2.24, 2.45) is 5.73 Å². The number of aryl methyl sites for hydroxylation is 1. The van der Waals surface area contributed by atoms with E-state index in [9.17, 15) is 19.5 Å². The van der Waals surface area contributed by atoms with Crippen LogP contribution in [0.25, 0.3) is 0 Å². The summed E-state index contributed by atoms with van der Waals surface area (Å²) in [5.41, 5.74) is 7.32. The van der Waals surface area contributed by atoms with Crippen LogP contribution in [0.4, 0.5) is 0 Å². The van der Waals surface area contributed by atoms with Gasteiger partial charge in [0.05, 0.1) is 6.42 Å². The maximum atomic E-state index is 11.0. The number of hydrogen-bond donors (Lipinski definition) is 5. The molecule has 0 radical (unpaired) electrons. The number of nitrogens with two attached hydrogens (primary N) is 1. The van der Waals surface area contributed by atoms with E-state index >= 15 is 0 Å². The van der Waals surface area contributed by atoms with Crippen molar-refractivity contribution in [1.82, 2.24) is 5.32 Å². The molecule has 6 N–H and O–H groups in total. The fourth-order valence-electron chi connectivity index (χ4n) is 2.81. The van der Waals surface area contributed by atoms with Gasteiger partial charge in [-0.15, -0.1) is 0 Å². The number of amides is 1. The van der Waals surface area contributed by atoms with Crippen LogP contribution in [0.1, 0.15) is 24.5 Å². The Morgan fingerprint density at radius 3 is 2.21 bits per heavy atom. The lowest BCUT2D eigenvalue weighted by atomic mass is 10.1. The fourth-order valence-corrected chi connectivity index (χ4v) is 2.81. The topological polar surface area (TPSA) is 159 Å². The molecule has 0 heterocycles. The van der Waals surface area contributed by atoms with E-state index in [1.807, 2.05) is 30.3 Å². The molecule has 184 valence electrons. The number of primary amides is 1. The maximum absolute atomic E-state index is 11.0. The number of nitrogens with one attached hydrogen (secondary N) is 1. The molecule has 0 bridgehead atoms. The van der Waals surface area contributed by atoms with Crippen molar-refractivity contribution < 1.29 is 34.4 Å². The first-order valence-corrected chi connectivity index (χ1v) is 10.7. The molecule has 0 aromatic heterocycles. The summed E-state index contributed by atoms with van der Waals surface area (Å²) in [4.78, 5) is 30.1. The van der Waals surface area contributed by atoms with Gasteiger partial charge in [-0.3, -0.25) is 4.79 Å². The predicted molar refractivity (Wildman–Crippen MR) is 127 cm³/mol. The molecule has 2 atom stereocenters. The lowest BCUT2D eigenvalue weighted by Crippen LogP contribution is -2.36. The summed E-state index contributed by atoms with van der Waals surface area (Å²) in [5, 5.41) is 29.1. The quantitative estimate of drug-likeness (QED) is 0.276. The van der Waals surface area contributed by atoms with E-state index in [1.54, 1.807) is 12.1 Å². The highest BCUT2D eigenvalue weighted by Gasteiger charge is 2.09. The van der Waals surface area contributed by atoms with Gasteiger partial charge in [0.15, 0.2) is 0 Å². The minimum absolute atomic E-state index is 0.181. The van der Waals surface area contributed by atoms with Crippen LogP contribution in [0.3, 0.4) is 0 Å². The first-order chi connectivity index (χ1) is 16.2. The number of hydrogen-bond acceptors (Lipinski definition) is 6. The largest absolute Gasteiger partial charge is 0.491 e. The highest BCUT2D eigenvalue weighted by Crippen LogP contribution is 2.14. The summed E-state index contributed by atoms with van der Waals surface area (Å²) in [6.07, 6.45) is 2.71. The zero-order valence-corrected chi connectivity index (χ0v) is 19.1. The minimum Gasteiger partial charge on any atom is -0.491 e. The fraction of sp³-hybridized carbons (Fsp3) is 0.320. The summed E-state index contributed by atoms with van der Waals surface area (Å²) < 4.78 is 5.61. The summed E-state index contributed by atoms with van der Waals surface area (Å²) in [6, 6.07) is 17.9. The number of carboxylic acids is 2. The number of ether oxygens (including phenoxy) is 1. The predicted octanol–water partition coefficient (Wildman–Crippen LogP) is 1.78. The SMILES string of the molecule is CC(CCc1ccccc1)NCC(O)COc1cccc(CC(N)=O)c1.O=C(O)/C=C/C(=O)O. The summed E-state index contributed by atoms with van der Waals surface area (Å²) in [5.74, 6) is -2.27. The molecule has 1 amide bonds. The van der Waals surface area contributed by atoms with Gasteiger partial charge >= 0.3 is 11.9 Å². The number of carbonyl (C=O) groups excluding carboxylic acids is 1. The number of carboxylic acid groups (broad SMARTS) is 2. The van der Waals surface area contributed by atoms with E-state index in [2.05, 4.69) is 24.4 Å². The Kier molecular flexibility index (Phi) is 13.3. The van der Waals surface area contributed by atoms with E-state index in [-0.39, 0.29) is 18.9 Å². The molecule has 0 fully saturated rings. The van der Waals surface area contributed by atoms with Crippen LogP contribution in [-0.2, 0) is 27.2 Å². The van der Waals surface area contributed by atoms with Crippen LogP contribution < -0.4 is 15.8 Å². The van der Waals surface area contributed by atoms with Gasteiger partial charge in [-0.05, 0) is 43.0 Å². The van der Waals surface area contributed by atoms with Gasteiger partial charge < -0.3 is 31.1 Å². The number of aliphatic carboxylic acids is 2. The van der Waals surface area contributed by atoms with Crippen molar-refractivity contribution >= 4 is 17.8 Å². The van der Waals surface area contributed by atoms with Crippen molar-refractivity contribution in [3.63, 3.8) is 0 Å². The summed E-state index contributed by atoms with van der Waals surface area (Å²) in [7, 11) is 0. The van der Waals surface area contributed by atoms with Crippen LogP contribution in [0.15, 0.2) is 66.7 Å². The number of aliphatic hydroxyl groups excluding tert-OH is 1. The van der Waals surface area contributed by atoms with Gasteiger partial charge in [-0.2, -0.15) is 0 Å². The molecule has 0 saturated heterocycles. The maximum Gasteiger partial charge on any atom is 0.328 e. The molecule has 9 nitrogen and oxygen atoms in total. The number of rotatable bonds is 13. The molecule has 0 aliphatic carbocycles. The highest BCUT2D eigenvalue weighted by molar-refractivity contribution is 5.89. The van der Waals surface area contributed by atoms with Gasteiger partial charge in [-0.25, -0.2) is 9.59 Å². The number of carbonyl (C=O) groups is 3. The van der Waals surface area contributed by atoms with Crippen molar-refractivity contribution in [2.45, 2.75) is 38.3 Å². The Morgan fingerprint density at radius 1 is 1.00 bits per heavy atom. The van der Waals surface area contributed by atoms with Crippen LogP contribution in [0.5, 0.6) is 5.75 Å². The third-order valence-corrected chi connectivity index (χ3v) is 4.50. The lowest BCUT2D eigenvalue weighted by molar-refractivity contribution is -0.134. The second kappa shape index (κ2) is 16.0. The molecular formula is C25H32N2O7. The van der Waals surface area contributed by atoms with Gasteiger partial charge in [0, 0.05) is 24.7 Å². The normalized spacial score (nSPS) is 12.3. The van der Waals surface area contributed by atoms with Crippen molar-refractivity contribution in [2.75, 3.05) is 13.2 Å². The first kappa shape index (κ1) is 28.3. The zero-order chi connectivity index (χ0) is 25.3. The van der Waals surface area contributed by atoms with Gasteiger partial charge in [0.1, 0.15) is 18.5 Å². The standard InChI is InChI=1S/C21H28N2O3.C4H4O4/c1-16(10-11-17-6-3-2-4-7-17)23-14-19(24)15-26-20-9-5-8-18(12-20)13-21(22)25;5-3(6)1-2-4(7)8/h2-9,12,16,19,23-24H,10-11,13-15H2,1H3,(H2,22,25);1-2H,(H,5,6)(H,7,8)/b;2-1+. The van der Waals surface area contributed by atoms with Crippen molar-refractivity contribution in [1.29, 1.82) is 0 Å². The van der Waals surface area contributed by atoms with Gasteiger partial charge in [0.25, 0.3) is 0 Å². The average Bonchev–Trinajstić information content (AvgIpc) is 2.79. The van der Waals surface area contributed by atoms with Gasteiger partial charge in [-0.1, -0.05) is 42.5 Å². The first-order valence-electron chi connectivity index (χ1n) is 10.7. The minimum atomic E-state index is -1.26. The molecule has 9 heteroatoms.